The summed E-state index contributed by atoms with van der Waals surface area (Å²) in [6.45, 7) is 28.7. The van der Waals surface area contributed by atoms with Gasteiger partial charge in [0.15, 0.2) is 0 Å². The molecule has 0 radical (unpaired) electrons. The van der Waals surface area contributed by atoms with Gasteiger partial charge in [0.1, 0.15) is 5.66 Å². The molecular weight excluding hydrogens is 490 g/mol. The van der Waals surface area contributed by atoms with Crippen LogP contribution in [0.5, 0.6) is 0 Å². The Morgan fingerprint density at radius 2 is 1.82 bits per heavy atom. The molecule has 1 aromatic carbocycles. The summed E-state index contributed by atoms with van der Waals surface area (Å²) in [7, 11) is 0. The number of rotatable bonds is 10. The van der Waals surface area contributed by atoms with Gasteiger partial charge in [0.25, 0.3) is 5.91 Å². The summed E-state index contributed by atoms with van der Waals surface area (Å²) in [6, 6.07) is 8.23. The Kier molecular flexibility index (Phi) is 10.2. The molecule has 0 bridgehead atoms. The fourth-order valence-electron chi connectivity index (χ4n) is 6.29. The average Bonchev–Trinajstić information content (AvgIpc) is 3.15. The van der Waals surface area contributed by atoms with Crippen LogP contribution in [-0.2, 0) is 0 Å². The van der Waals surface area contributed by atoms with Gasteiger partial charge in [0, 0.05) is 12.1 Å². The van der Waals surface area contributed by atoms with Crippen LogP contribution in [0.15, 0.2) is 90.1 Å². The standard InChI is InChI=1S/C36H51N3O/c1-11-13-14-28(12-2)32-27(7)39(36(38-32)22-19-31(20-23-36)35(8,9)10)33(26(5)6)29-15-17-30(18-16-29)34(40)37-24-21-25(3)4/h11-18,26,31,33H,1,3,7,19-24H2,2,4-6,8-10H3,(H,37,40)/b14-13-,28-12+. The number of nitrogens with zero attached hydrogens (tertiary/aromatic N) is 2. The second kappa shape index (κ2) is 13.0. The van der Waals surface area contributed by atoms with Gasteiger partial charge in [-0.25, -0.2) is 0 Å². The number of nitrogens with one attached hydrogen (secondary N) is 1. The number of carbonyl (C=O) groups excluding carboxylic acids is 1. The molecule has 1 fully saturated rings. The van der Waals surface area contributed by atoms with Gasteiger partial charge in [-0.1, -0.05) is 89.8 Å². The van der Waals surface area contributed by atoms with Gasteiger partial charge < -0.3 is 10.2 Å². The molecular formula is C36H51N3O. The predicted molar refractivity (Wildman–Crippen MR) is 171 cm³/mol. The number of allylic oxidation sites excluding steroid dienone is 5. The smallest absolute Gasteiger partial charge is 0.251 e. The highest BCUT2D eigenvalue weighted by molar-refractivity contribution is 6.15. The van der Waals surface area contributed by atoms with Crippen molar-refractivity contribution in [2.45, 2.75) is 92.3 Å². The zero-order valence-corrected chi connectivity index (χ0v) is 26.0. The molecule has 0 saturated heterocycles. The minimum atomic E-state index is -0.321. The van der Waals surface area contributed by atoms with Crippen molar-refractivity contribution in [3.05, 3.63) is 96.3 Å². The topological polar surface area (TPSA) is 44.7 Å². The normalized spacial score (nSPS) is 22.6. The summed E-state index contributed by atoms with van der Waals surface area (Å²) in [5, 5.41) is 3.01. The minimum Gasteiger partial charge on any atom is -0.352 e. The lowest BCUT2D eigenvalue weighted by Crippen LogP contribution is -2.49. The maximum Gasteiger partial charge on any atom is 0.251 e. The second-order valence-corrected chi connectivity index (χ2v) is 13.0. The first-order valence-electron chi connectivity index (χ1n) is 14.9. The zero-order chi connectivity index (χ0) is 29.7. The second-order valence-electron chi connectivity index (χ2n) is 13.0. The van der Waals surface area contributed by atoms with Crippen LogP contribution in [0.1, 0.15) is 103 Å². The maximum atomic E-state index is 12.7. The summed E-state index contributed by atoms with van der Waals surface area (Å²) in [5.74, 6) is 0.944. The van der Waals surface area contributed by atoms with E-state index >= 15 is 0 Å². The molecule has 2 aliphatic rings. The Morgan fingerprint density at radius 3 is 2.33 bits per heavy atom. The van der Waals surface area contributed by atoms with Crippen molar-refractivity contribution in [1.29, 1.82) is 0 Å². The lowest BCUT2D eigenvalue weighted by molar-refractivity contribution is 0.0181. The maximum absolute atomic E-state index is 12.7. The Balaban J connectivity index is 1.99. The van der Waals surface area contributed by atoms with E-state index < -0.39 is 0 Å². The van der Waals surface area contributed by atoms with Gasteiger partial charge in [0.2, 0.25) is 0 Å². The minimum absolute atomic E-state index is 0.0474. The van der Waals surface area contributed by atoms with Crippen molar-refractivity contribution in [2.24, 2.45) is 22.2 Å². The highest BCUT2D eigenvalue weighted by Gasteiger charge is 2.50. The van der Waals surface area contributed by atoms with E-state index in [9.17, 15) is 4.79 Å². The lowest BCUT2D eigenvalue weighted by atomic mass is 9.69. The molecule has 40 heavy (non-hydrogen) atoms. The van der Waals surface area contributed by atoms with Crippen LogP contribution in [0.2, 0.25) is 0 Å². The van der Waals surface area contributed by atoms with Gasteiger partial charge >= 0.3 is 0 Å². The van der Waals surface area contributed by atoms with E-state index in [1.165, 1.54) is 5.56 Å². The van der Waals surface area contributed by atoms with E-state index in [2.05, 4.69) is 95.8 Å². The van der Waals surface area contributed by atoms with Crippen LogP contribution in [0.3, 0.4) is 0 Å². The zero-order valence-electron chi connectivity index (χ0n) is 26.0. The Morgan fingerprint density at radius 1 is 1.20 bits per heavy atom. The van der Waals surface area contributed by atoms with Gasteiger partial charge in [-0.3, -0.25) is 9.79 Å². The van der Waals surface area contributed by atoms with E-state index in [1.807, 2.05) is 25.1 Å². The number of hydrogen-bond acceptors (Lipinski definition) is 3. The Labute approximate surface area is 243 Å². The largest absolute Gasteiger partial charge is 0.352 e. The van der Waals surface area contributed by atoms with Gasteiger partial charge in [0.05, 0.1) is 17.5 Å². The molecule has 4 heteroatoms. The number of carbonyl (C=O) groups is 1. The molecule has 4 nitrogen and oxygen atoms in total. The predicted octanol–water partition coefficient (Wildman–Crippen LogP) is 8.97. The summed E-state index contributed by atoms with van der Waals surface area (Å²) in [4.78, 5) is 20.8. The molecule has 3 rings (SSSR count). The fourth-order valence-corrected chi connectivity index (χ4v) is 6.29. The van der Waals surface area contributed by atoms with Gasteiger partial charge in [-0.05, 0) is 86.5 Å². The van der Waals surface area contributed by atoms with Crippen molar-refractivity contribution in [1.82, 2.24) is 10.2 Å². The lowest BCUT2D eigenvalue weighted by Gasteiger charge is -2.49. The molecule has 1 N–H and O–H groups in total. The third-order valence-electron chi connectivity index (χ3n) is 8.60. The van der Waals surface area contributed by atoms with Crippen molar-refractivity contribution in [3.63, 3.8) is 0 Å². The number of benzene rings is 1. The van der Waals surface area contributed by atoms with Crippen molar-refractivity contribution >= 4 is 11.6 Å². The van der Waals surface area contributed by atoms with E-state index in [4.69, 9.17) is 4.99 Å². The van der Waals surface area contributed by atoms with Crippen LogP contribution in [0.25, 0.3) is 0 Å². The van der Waals surface area contributed by atoms with Crippen LogP contribution < -0.4 is 5.32 Å². The van der Waals surface area contributed by atoms with Gasteiger partial charge in [-0.2, -0.15) is 0 Å². The first kappa shape index (κ1) is 31.4. The summed E-state index contributed by atoms with van der Waals surface area (Å²) < 4.78 is 0. The molecule has 1 spiro atoms. The fraction of sp³-hybridized carbons (Fsp3) is 0.500. The summed E-state index contributed by atoms with van der Waals surface area (Å²) >= 11 is 0. The van der Waals surface area contributed by atoms with Gasteiger partial charge in [-0.15, -0.1) is 6.58 Å². The molecule has 1 saturated carbocycles. The first-order chi connectivity index (χ1) is 18.8. The van der Waals surface area contributed by atoms with Crippen molar-refractivity contribution in [2.75, 3.05) is 6.54 Å². The van der Waals surface area contributed by atoms with E-state index in [0.717, 1.165) is 54.7 Å². The van der Waals surface area contributed by atoms with Crippen LogP contribution in [0.4, 0.5) is 0 Å². The summed E-state index contributed by atoms with van der Waals surface area (Å²) in [6.07, 6.45) is 13.1. The van der Waals surface area contributed by atoms with Crippen molar-refractivity contribution in [3.8, 4) is 0 Å². The van der Waals surface area contributed by atoms with Crippen LogP contribution in [-0.4, -0.2) is 28.7 Å². The molecule has 1 amide bonds. The van der Waals surface area contributed by atoms with Crippen LogP contribution >= 0.6 is 0 Å². The molecule has 1 aliphatic heterocycles. The third kappa shape index (κ3) is 6.95. The number of hydrogen-bond donors (Lipinski definition) is 1. The molecule has 1 aromatic rings. The monoisotopic (exact) mass is 541 g/mol. The third-order valence-corrected chi connectivity index (χ3v) is 8.60. The number of amides is 1. The highest BCUT2D eigenvalue weighted by atomic mass is 16.1. The van der Waals surface area contributed by atoms with Crippen molar-refractivity contribution < 1.29 is 4.79 Å². The molecule has 1 unspecified atom stereocenters. The Bertz CT molecular complexity index is 1180. The van der Waals surface area contributed by atoms with E-state index in [1.54, 1.807) is 6.08 Å². The highest BCUT2D eigenvalue weighted by Crippen LogP contribution is 2.52. The molecule has 1 aliphatic carbocycles. The average molecular weight is 542 g/mol. The molecule has 0 aromatic heterocycles. The number of aliphatic imine (C=N–C) groups is 1. The van der Waals surface area contributed by atoms with E-state index in [0.29, 0.717) is 23.9 Å². The van der Waals surface area contributed by atoms with E-state index in [-0.39, 0.29) is 23.0 Å². The molecule has 1 heterocycles. The summed E-state index contributed by atoms with van der Waals surface area (Å²) in [5.41, 5.74) is 5.93. The SMILES string of the molecule is C=C/C=C\C(=C/C)C1=NC2(CCC(C(C)(C)C)CC2)N(C(c2ccc(C(=O)NCCC(=C)C)cc2)C(C)C)C1=C. The van der Waals surface area contributed by atoms with Crippen LogP contribution in [0, 0.1) is 17.3 Å². The molecule has 1 atom stereocenters. The molecule has 216 valence electrons. The first-order valence-corrected chi connectivity index (χ1v) is 14.9. The quantitative estimate of drug-likeness (QED) is 0.237. The Hall–Kier alpha value is -3.14.